The smallest absolute Gasteiger partial charge is 0.108 e. The van der Waals surface area contributed by atoms with Gasteiger partial charge in [0.1, 0.15) is 5.03 Å². The molecule has 0 atom stereocenters. The Morgan fingerprint density at radius 3 is 2.38 bits per heavy atom. The number of nitrogens with zero attached hydrogens (tertiary/aromatic N) is 2. The molecule has 0 spiro atoms. The maximum atomic E-state index is 3.96. The van der Waals surface area contributed by atoms with Crippen LogP contribution < -0.4 is 0 Å². The zero-order valence-corrected chi connectivity index (χ0v) is 6.02. The second-order valence-electron chi connectivity index (χ2n) is 1.61. The number of hydrogen-bond acceptors (Lipinski definition) is 3. The van der Waals surface area contributed by atoms with Crippen molar-refractivity contribution in [3.63, 3.8) is 0 Å². The second-order valence-corrected chi connectivity index (χ2v) is 2.07. The van der Waals surface area contributed by atoms with Gasteiger partial charge in [-0.1, -0.05) is 0 Å². The van der Waals surface area contributed by atoms with Crippen molar-refractivity contribution in [3.05, 3.63) is 11.2 Å². The van der Waals surface area contributed by atoms with E-state index in [0.29, 0.717) is 5.03 Å². The van der Waals surface area contributed by atoms with Crippen LogP contribution in [0.4, 0.5) is 0 Å². The molecule has 0 saturated carbocycles. The van der Waals surface area contributed by atoms with E-state index in [2.05, 4.69) is 24.3 Å². The number of hydrogen-bond donors (Lipinski definition) is 1. The van der Waals surface area contributed by atoms with E-state index in [4.69, 9.17) is 0 Å². The zero-order valence-electron chi connectivity index (χ0n) is 5.13. The summed E-state index contributed by atoms with van der Waals surface area (Å²) in [5.41, 5.74) is 0. The van der Waals surface area contributed by atoms with E-state index in [0.717, 1.165) is 0 Å². The summed E-state index contributed by atoms with van der Waals surface area (Å²) < 4.78 is 0. The quantitative estimate of drug-likeness (QED) is 0.435. The molecule has 0 N–H and O–H groups in total. The van der Waals surface area contributed by atoms with E-state index in [-0.39, 0.29) is 0 Å². The molecule has 0 rings (SSSR count). The molecular weight excluding hydrogens is 120 g/mol. The Bertz CT molecular complexity index is 107. The largest absolute Gasteiger partial charge is 0.381 e. The molecule has 0 heterocycles. The predicted molar refractivity (Wildman–Crippen MR) is 40.3 cm³/mol. The predicted octanol–water partition coefficient (Wildman–Crippen LogP) is 0.977. The second kappa shape index (κ2) is 3.55. The van der Waals surface area contributed by atoms with E-state index in [1.807, 2.05) is 19.0 Å². The molecule has 8 heavy (non-hydrogen) atoms. The van der Waals surface area contributed by atoms with Crippen LogP contribution in [0.5, 0.6) is 0 Å². The number of rotatable bonds is 2. The summed E-state index contributed by atoms with van der Waals surface area (Å²) >= 11 is 3.96. The molecule has 46 valence electrons. The van der Waals surface area contributed by atoms with E-state index >= 15 is 0 Å². The van der Waals surface area contributed by atoms with Crippen LogP contribution in [0.2, 0.25) is 0 Å². The Morgan fingerprint density at radius 2 is 2.25 bits per heavy atom. The van der Waals surface area contributed by atoms with Crippen molar-refractivity contribution in [2.75, 3.05) is 14.1 Å². The Kier molecular flexibility index (Phi) is 3.35. The zero-order chi connectivity index (χ0) is 6.57. The lowest BCUT2D eigenvalue weighted by molar-refractivity contribution is 0.561. The van der Waals surface area contributed by atoms with Crippen LogP contribution in [0.1, 0.15) is 0 Å². The third kappa shape index (κ3) is 3.74. The first-order chi connectivity index (χ1) is 3.66. The molecule has 0 aliphatic rings. The molecule has 0 aliphatic heterocycles. The molecule has 0 bridgehead atoms. The number of thiol groups is 1. The minimum atomic E-state index is 0.634. The maximum Gasteiger partial charge on any atom is 0.108 e. The van der Waals surface area contributed by atoms with Gasteiger partial charge in [0.2, 0.25) is 0 Å². The fourth-order valence-corrected chi connectivity index (χ4v) is 0.503. The van der Waals surface area contributed by atoms with Gasteiger partial charge in [-0.05, 0) is 6.72 Å². The Balaban J connectivity index is 3.74. The van der Waals surface area contributed by atoms with Gasteiger partial charge in [0.05, 0.1) is 0 Å². The number of aliphatic imine (C=N–C) groups is 1. The molecule has 0 aromatic rings. The van der Waals surface area contributed by atoms with Gasteiger partial charge in [-0.2, -0.15) is 0 Å². The van der Waals surface area contributed by atoms with Gasteiger partial charge in [-0.15, -0.1) is 12.6 Å². The molecule has 2 nitrogen and oxygen atoms in total. The molecule has 0 radical (unpaired) electrons. The van der Waals surface area contributed by atoms with Crippen LogP contribution in [-0.4, -0.2) is 25.7 Å². The summed E-state index contributed by atoms with van der Waals surface area (Å²) in [6, 6.07) is 0. The normalized spacial score (nSPS) is 11.1. The fourth-order valence-electron chi connectivity index (χ4n) is 0.272. The van der Waals surface area contributed by atoms with Crippen molar-refractivity contribution in [2.24, 2.45) is 4.99 Å². The van der Waals surface area contributed by atoms with Crippen LogP contribution in [0.25, 0.3) is 0 Å². The van der Waals surface area contributed by atoms with Crippen LogP contribution in [0.3, 0.4) is 0 Å². The lowest BCUT2D eigenvalue weighted by Crippen LogP contribution is -2.00. The average Bonchev–Trinajstić information content (AvgIpc) is 1.65. The molecule has 3 heteroatoms. The van der Waals surface area contributed by atoms with Gasteiger partial charge in [0, 0.05) is 20.3 Å². The minimum absolute atomic E-state index is 0.634. The van der Waals surface area contributed by atoms with Crippen molar-refractivity contribution >= 4 is 19.3 Å². The van der Waals surface area contributed by atoms with E-state index in [9.17, 15) is 0 Å². The summed E-state index contributed by atoms with van der Waals surface area (Å²) in [6.45, 7) is 3.29. The highest BCUT2D eigenvalue weighted by Crippen LogP contribution is 1.99. The molecule has 0 amide bonds. The monoisotopic (exact) mass is 130 g/mol. The van der Waals surface area contributed by atoms with Gasteiger partial charge in [0.15, 0.2) is 0 Å². The standard InChI is InChI=1S/C5H10N2S/c1-6-5(8)4-7(2)3/h4,8H,1H2,2-3H3/b5-4+. The fraction of sp³-hybridized carbons (Fsp3) is 0.400. The maximum absolute atomic E-state index is 3.96. The Labute approximate surface area is 55.3 Å². The molecule has 0 aliphatic carbocycles. The van der Waals surface area contributed by atoms with Gasteiger partial charge < -0.3 is 4.90 Å². The van der Waals surface area contributed by atoms with Gasteiger partial charge in [-0.3, -0.25) is 4.99 Å². The highest BCUT2D eigenvalue weighted by Gasteiger charge is 1.80. The van der Waals surface area contributed by atoms with Gasteiger partial charge in [0.25, 0.3) is 0 Å². The topological polar surface area (TPSA) is 15.6 Å². The van der Waals surface area contributed by atoms with E-state index in [1.54, 1.807) is 6.20 Å². The van der Waals surface area contributed by atoms with Crippen LogP contribution in [-0.2, 0) is 0 Å². The summed E-state index contributed by atoms with van der Waals surface area (Å²) in [7, 11) is 3.81. The third-order valence-corrected chi connectivity index (χ3v) is 0.793. The first kappa shape index (κ1) is 7.56. The third-order valence-electron chi connectivity index (χ3n) is 0.536. The highest BCUT2D eigenvalue weighted by atomic mass is 32.1. The summed E-state index contributed by atoms with van der Waals surface area (Å²) in [4.78, 5) is 5.42. The lowest BCUT2D eigenvalue weighted by Gasteiger charge is -2.02. The van der Waals surface area contributed by atoms with Crippen LogP contribution in [0, 0.1) is 0 Å². The minimum Gasteiger partial charge on any atom is -0.381 e. The van der Waals surface area contributed by atoms with E-state index in [1.165, 1.54) is 0 Å². The van der Waals surface area contributed by atoms with Crippen molar-refractivity contribution in [1.82, 2.24) is 4.90 Å². The summed E-state index contributed by atoms with van der Waals surface area (Å²) in [5.74, 6) is 0. The SMILES string of the molecule is C=N/C(S)=C\N(C)C. The van der Waals surface area contributed by atoms with Crippen LogP contribution in [0.15, 0.2) is 16.2 Å². The molecular formula is C5H10N2S. The lowest BCUT2D eigenvalue weighted by atomic mass is 10.8. The highest BCUT2D eigenvalue weighted by molar-refractivity contribution is 7.84. The first-order valence-corrected chi connectivity index (χ1v) is 2.65. The van der Waals surface area contributed by atoms with Gasteiger partial charge in [-0.25, -0.2) is 0 Å². The molecule has 0 saturated heterocycles. The Morgan fingerprint density at radius 1 is 1.75 bits per heavy atom. The van der Waals surface area contributed by atoms with E-state index < -0.39 is 0 Å². The average molecular weight is 130 g/mol. The molecule has 0 aromatic carbocycles. The van der Waals surface area contributed by atoms with Crippen molar-refractivity contribution in [3.8, 4) is 0 Å². The molecule has 0 unspecified atom stereocenters. The first-order valence-electron chi connectivity index (χ1n) is 2.20. The summed E-state index contributed by atoms with van der Waals surface area (Å²) in [6.07, 6.45) is 1.77. The molecule has 0 aromatic heterocycles. The summed E-state index contributed by atoms with van der Waals surface area (Å²) in [5, 5.41) is 0.634. The van der Waals surface area contributed by atoms with Gasteiger partial charge >= 0.3 is 0 Å². The van der Waals surface area contributed by atoms with Crippen molar-refractivity contribution < 1.29 is 0 Å². The van der Waals surface area contributed by atoms with Crippen molar-refractivity contribution in [1.29, 1.82) is 0 Å². The molecule has 0 fully saturated rings. The van der Waals surface area contributed by atoms with Crippen molar-refractivity contribution in [2.45, 2.75) is 0 Å². The Hall–Kier alpha value is -0.440. The van der Waals surface area contributed by atoms with Crippen LogP contribution >= 0.6 is 12.6 Å².